The fourth-order valence-electron chi connectivity index (χ4n) is 4.65. The third-order valence-corrected chi connectivity index (χ3v) is 6.45. The van der Waals surface area contributed by atoms with Crippen molar-refractivity contribution in [1.82, 2.24) is 24.9 Å². The highest BCUT2D eigenvalue weighted by molar-refractivity contribution is 5.91. The Morgan fingerprint density at radius 1 is 1.30 bits per heavy atom. The number of amides is 2. The van der Waals surface area contributed by atoms with E-state index in [-0.39, 0.29) is 23.9 Å². The zero-order chi connectivity index (χ0) is 23.5. The van der Waals surface area contributed by atoms with E-state index in [0.717, 1.165) is 35.3 Å². The first-order valence-corrected chi connectivity index (χ1v) is 11.3. The van der Waals surface area contributed by atoms with Crippen LogP contribution in [0.4, 0.5) is 10.6 Å². The molecule has 0 spiro atoms. The standard InChI is InChI=1S/C24H32N6O3/c1-15-10-17(21(31)14-33-4)11-20(15)26-24(32)27-23-16(2)22(18-12-25-29(3)13-18)28-30(23)19-8-6-5-7-9-19/h5-9,12-13,15,17,20-21,31H,10-11,14H2,1-4H3,(H2,26,27,32)/t15-,17?,20-,21?/m1/s1. The Labute approximate surface area is 193 Å². The van der Waals surface area contributed by atoms with Gasteiger partial charge in [0.25, 0.3) is 0 Å². The van der Waals surface area contributed by atoms with Crippen molar-refractivity contribution in [3.63, 3.8) is 0 Å². The first-order valence-electron chi connectivity index (χ1n) is 11.3. The Balaban J connectivity index is 1.56. The SMILES string of the molecule is COCC(O)C1C[C@@H](C)[C@H](NC(=O)Nc2c(C)c(-c3cnn(C)c3)nn2-c2ccccc2)C1. The average molecular weight is 453 g/mol. The molecule has 0 saturated heterocycles. The van der Waals surface area contributed by atoms with Crippen LogP contribution in [0.1, 0.15) is 25.3 Å². The van der Waals surface area contributed by atoms with Gasteiger partial charge in [-0.2, -0.15) is 10.2 Å². The van der Waals surface area contributed by atoms with Crippen molar-refractivity contribution in [2.24, 2.45) is 18.9 Å². The third-order valence-electron chi connectivity index (χ3n) is 6.45. The molecule has 1 saturated carbocycles. The summed E-state index contributed by atoms with van der Waals surface area (Å²) in [5.41, 5.74) is 3.35. The number of rotatable bonds is 7. The van der Waals surface area contributed by atoms with Crippen molar-refractivity contribution < 1.29 is 14.6 Å². The lowest BCUT2D eigenvalue weighted by Crippen LogP contribution is -2.40. The lowest BCUT2D eigenvalue weighted by molar-refractivity contribution is 0.0258. The van der Waals surface area contributed by atoms with E-state index in [2.05, 4.69) is 22.7 Å². The Hall–Kier alpha value is -3.17. The second-order valence-corrected chi connectivity index (χ2v) is 8.91. The van der Waals surface area contributed by atoms with Crippen LogP contribution in [-0.2, 0) is 11.8 Å². The van der Waals surface area contributed by atoms with Gasteiger partial charge in [0.1, 0.15) is 11.5 Å². The van der Waals surface area contributed by atoms with E-state index < -0.39 is 6.10 Å². The molecule has 33 heavy (non-hydrogen) atoms. The molecule has 2 amide bonds. The van der Waals surface area contributed by atoms with Crippen LogP contribution in [0.3, 0.4) is 0 Å². The second kappa shape index (κ2) is 9.76. The molecule has 3 aromatic rings. The van der Waals surface area contributed by atoms with Gasteiger partial charge >= 0.3 is 6.03 Å². The molecular formula is C24H32N6O3. The highest BCUT2D eigenvalue weighted by Crippen LogP contribution is 2.34. The number of aliphatic hydroxyl groups is 1. The van der Waals surface area contributed by atoms with Crippen LogP contribution in [0, 0.1) is 18.8 Å². The van der Waals surface area contributed by atoms with Gasteiger partial charge in [-0.1, -0.05) is 25.1 Å². The van der Waals surface area contributed by atoms with E-state index in [4.69, 9.17) is 9.84 Å². The van der Waals surface area contributed by atoms with Gasteiger partial charge in [-0.15, -0.1) is 0 Å². The van der Waals surface area contributed by atoms with Crippen LogP contribution in [0.25, 0.3) is 16.9 Å². The quantitative estimate of drug-likeness (QED) is 0.511. The number of carbonyl (C=O) groups excluding carboxylic acids is 1. The molecule has 9 heteroatoms. The maximum atomic E-state index is 13.0. The molecule has 2 heterocycles. The van der Waals surface area contributed by atoms with E-state index in [1.54, 1.807) is 22.7 Å². The second-order valence-electron chi connectivity index (χ2n) is 8.91. The normalized spacial score (nSPS) is 21.2. The Morgan fingerprint density at radius 3 is 2.73 bits per heavy atom. The number of aryl methyl sites for hydroxylation is 1. The Bertz CT molecular complexity index is 1090. The van der Waals surface area contributed by atoms with Crippen molar-refractivity contribution in [3.8, 4) is 16.9 Å². The van der Waals surface area contributed by atoms with Gasteiger partial charge in [-0.25, -0.2) is 9.48 Å². The number of ether oxygens (including phenoxy) is 1. The molecule has 2 unspecified atom stereocenters. The molecule has 4 atom stereocenters. The van der Waals surface area contributed by atoms with Gasteiger partial charge in [0.15, 0.2) is 0 Å². The number of hydrogen-bond donors (Lipinski definition) is 3. The Kier molecular flexibility index (Phi) is 6.80. The van der Waals surface area contributed by atoms with Crippen LogP contribution >= 0.6 is 0 Å². The molecule has 1 aliphatic rings. The number of anilines is 1. The topological polar surface area (TPSA) is 106 Å². The van der Waals surface area contributed by atoms with Gasteiger partial charge in [0.05, 0.1) is 24.6 Å². The van der Waals surface area contributed by atoms with Gasteiger partial charge < -0.3 is 15.2 Å². The van der Waals surface area contributed by atoms with Gasteiger partial charge in [0.2, 0.25) is 0 Å². The number of carbonyl (C=O) groups is 1. The van der Waals surface area contributed by atoms with E-state index in [0.29, 0.717) is 12.4 Å². The van der Waals surface area contributed by atoms with Crippen LogP contribution in [0.5, 0.6) is 0 Å². The number of aliphatic hydroxyl groups excluding tert-OH is 1. The third kappa shape index (κ3) is 4.94. The summed E-state index contributed by atoms with van der Waals surface area (Å²) in [6.07, 6.45) is 4.72. The van der Waals surface area contributed by atoms with Gasteiger partial charge in [-0.05, 0) is 43.7 Å². The summed E-state index contributed by atoms with van der Waals surface area (Å²) in [5.74, 6) is 0.983. The van der Waals surface area contributed by atoms with E-state index >= 15 is 0 Å². The molecule has 0 bridgehead atoms. The summed E-state index contributed by atoms with van der Waals surface area (Å²) in [6.45, 7) is 4.35. The predicted molar refractivity (Wildman–Crippen MR) is 126 cm³/mol. The molecule has 9 nitrogen and oxygen atoms in total. The highest BCUT2D eigenvalue weighted by atomic mass is 16.5. The minimum atomic E-state index is -0.517. The molecule has 176 valence electrons. The van der Waals surface area contributed by atoms with E-state index in [9.17, 15) is 9.90 Å². The fraction of sp³-hybridized carbons (Fsp3) is 0.458. The van der Waals surface area contributed by atoms with Gasteiger partial charge in [-0.3, -0.25) is 10.00 Å². The zero-order valence-corrected chi connectivity index (χ0v) is 19.5. The molecule has 1 fully saturated rings. The zero-order valence-electron chi connectivity index (χ0n) is 19.5. The maximum Gasteiger partial charge on any atom is 0.320 e. The smallest absolute Gasteiger partial charge is 0.320 e. The number of aromatic nitrogens is 4. The number of nitrogens with one attached hydrogen (secondary N) is 2. The molecular weight excluding hydrogens is 420 g/mol. The molecule has 0 radical (unpaired) electrons. The van der Waals surface area contributed by atoms with Crippen molar-refractivity contribution in [3.05, 3.63) is 48.3 Å². The summed E-state index contributed by atoms with van der Waals surface area (Å²) in [5, 5.41) is 25.5. The van der Waals surface area contributed by atoms with E-state index in [1.807, 2.05) is 50.5 Å². The summed E-state index contributed by atoms with van der Waals surface area (Å²) < 4.78 is 8.57. The van der Waals surface area contributed by atoms with Crippen LogP contribution in [0.15, 0.2) is 42.7 Å². The molecule has 3 N–H and O–H groups in total. The van der Waals surface area contributed by atoms with Crippen molar-refractivity contribution >= 4 is 11.8 Å². The lowest BCUT2D eigenvalue weighted by atomic mass is 10.0. The summed E-state index contributed by atoms with van der Waals surface area (Å²) in [4.78, 5) is 13.0. The summed E-state index contributed by atoms with van der Waals surface area (Å²) in [7, 11) is 3.45. The van der Waals surface area contributed by atoms with E-state index in [1.165, 1.54) is 0 Å². The average Bonchev–Trinajstić information content (AvgIpc) is 3.47. The number of hydrogen-bond acceptors (Lipinski definition) is 5. The maximum absolute atomic E-state index is 13.0. The number of benzene rings is 1. The molecule has 1 aliphatic carbocycles. The monoisotopic (exact) mass is 452 g/mol. The highest BCUT2D eigenvalue weighted by Gasteiger charge is 2.36. The van der Waals surface area contributed by atoms with Crippen LogP contribution < -0.4 is 10.6 Å². The number of para-hydroxylation sites is 1. The molecule has 1 aromatic carbocycles. The minimum Gasteiger partial charge on any atom is -0.390 e. The largest absolute Gasteiger partial charge is 0.390 e. The summed E-state index contributed by atoms with van der Waals surface area (Å²) in [6, 6.07) is 9.40. The summed E-state index contributed by atoms with van der Waals surface area (Å²) >= 11 is 0. The molecule has 2 aromatic heterocycles. The number of methoxy groups -OCH3 is 1. The van der Waals surface area contributed by atoms with Crippen molar-refractivity contribution in [1.29, 1.82) is 0 Å². The lowest BCUT2D eigenvalue weighted by Gasteiger charge is -2.19. The fourth-order valence-corrected chi connectivity index (χ4v) is 4.65. The van der Waals surface area contributed by atoms with Crippen molar-refractivity contribution in [2.75, 3.05) is 19.0 Å². The molecule has 0 aliphatic heterocycles. The number of urea groups is 1. The minimum absolute atomic E-state index is 0.0206. The van der Waals surface area contributed by atoms with Gasteiger partial charge in [0, 0.05) is 37.5 Å². The first-order chi connectivity index (χ1) is 15.9. The predicted octanol–water partition coefficient (Wildman–Crippen LogP) is 3.12. The van der Waals surface area contributed by atoms with Crippen molar-refractivity contribution in [2.45, 2.75) is 38.8 Å². The number of nitrogens with zero attached hydrogens (tertiary/aromatic N) is 4. The van der Waals surface area contributed by atoms with Crippen LogP contribution in [-0.4, -0.2) is 56.6 Å². The first kappa shape index (κ1) is 23.0. The Morgan fingerprint density at radius 2 is 2.06 bits per heavy atom. The molecule has 4 rings (SSSR count). The van der Waals surface area contributed by atoms with Crippen LogP contribution in [0.2, 0.25) is 0 Å².